The van der Waals surface area contributed by atoms with Crippen LogP contribution in [0.4, 0.5) is 5.13 Å². The van der Waals surface area contributed by atoms with E-state index in [-0.39, 0.29) is 5.91 Å². The van der Waals surface area contributed by atoms with Crippen molar-refractivity contribution < 1.29 is 14.3 Å². The van der Waals surface area contributed by atoms with Gasteiger partial charge in [0.25, 0.3) is 5.91 Å². The number of ether oxygens (including phenoxy) is 2. The molecule has 3 heterocycles. The van der Waals surface area contributed by atoms with Crippen LogP contribution in [-0.4, -0.2) is 44.3 Å². The second kappa shape index (κ2) is 6.32. The van der Waals surface area contributed by atoms with Crippen LogP contribution in [0.2, 0.25) is 0 Å². The molecule has 2 aromatic heterocycles. The third kappa shape index (κ3) is 2.95. The number of hydrogen-bond acceptors (Lipinski definition) is 8. The molecule has 1 aliphatic rings. The summed E-state index contributed by atoms with van der Waals surface area (Å²) in [6.45, 7) is 1.04. The Labute approximate surface area is 156 Å². The fourth-order valence-corrected chi connectivity index (χ4v) is 3.63. The monoisotopic (exact) mass is 380 g/mol. The predicted molar refractivity (Wildman–Crippen MR) is 97.7 cm³/mol. The summed E-state index contributed by atoms with van der Waals surface area (Å²) in [6.07, 6.45) is 1.47. The molecule has 1 aliphatic heterocycles. The maximum absolute atomic E-state index is 12.6. The van der Waals surface area contributed by atoms with E-state index in [1.807, 2.05) is 18.2 Å². The zero-order valence-electron chi connectivity index (χ0n) is 13.8. The first-order valence-corrected chi connectivity index (χ1v) is 8.93. The maximum atomic E-state index is 12.6. The third-order valence-electron chi connectivity index (χ3n) is 3.99. The Morgan fingerprint density at radius 1 is 1.15 bits per heavy atom. The first kappa shape index (κ1) is 15.7. The molecule has 10 heteroatoms. The number of amides is 1. The lowest BCUT2D eigenvalue weighted by molar-refractivity contribution is 0.102. The van der Waals surface area contributed by atoms with Gasteiger partial charge in [0.2, 0.25) is 0 Å². The first-order valence-electron chi connectivity index (χ1n) is 8.11. The van der Waals surface area contributed by atoms with Gasteiger partial charge in [0.1, 0.15) is 19.5 Å². The summed E-state index contributed by atoms with van der Waals surface area (Å²) >= 11 is 1.38. The van der Waals surface area contributed by atoms with Crippen LogP contribution >= 0.6 is 11.3 Å². The van der Waals surface area contributed by atoms with Gasteiger partial charge >= 0.3 is 0 Å². The zero-order chi connectivity index (χ0) is 18.2. The van der Waals surface area contributed by atoms with E-state index in [1.165, 1.54) is 22.3 Å². The number of tetrazole rings is 1. The van der Waals surface area contributed by atoms with Crippen LogP contribution in [0.5, 0.6) is 11.5 Å². The van der Waals surface area contributed by atoms with E-state index < -0.39 is 0 Å². The van der Waals surface area contributed by atoms with Gasteiger partial charge in [-0.05, 0) is 28.6 Å². The molecule has 0 spiro atoms. The number of thiazole rings is 1. The van der Waals surface area contributed by atoms with Crippen LogP contribution in [0.15, 0.2) is 42.7 Å². The van der Waals surface area contributed by atoms with E-state index in [0.717, 1.165) is 10.2 Å². The van der Waals surface area contributed by atoms with E-state index in [1.54, 1.807) is 18.2 Å². The molecular formula is C17H12N6O3S. The molecule has 0 bridgehead atoms. The number of hydrogen-bond donors (Lipinski definition) is 1. The smallest absolute Gasteiger partial charge is 0.257 e. The Kier molecular flexibility index (Phi) is 3.68. The molecule has 27 heavy (non-hydrogen) atoms. The van der Waals surface area contributed by atoms with E-state index in [0.29, 0.717) is 41.1 Å². The molecule has 0 saturated heterocycles. The van der Waals surface area contributed by atoms with Crippen molar-refractivity contribution in [3.05, 3.63) is 48.3 Å². The second-order valence-corrected chi connectivity index (χ2v) is 6.77. The van der Waals surface area contributed by atoms with Crippen molar-refractivity contribution in [3.63, 3.8) is 0 Å². The van der Waals surface area contributed by atoms with E-state index in [2.05, 4.69) is 25.8 Å². The van der Waals surface area contributed by atoms with Gasteiger partial charge in [-0.25, -0.2) is 9.67 Å². The number of rotatable bonds is 3. The summed E-state index contributed by atoms with van der Waals surface area (Å²) in [5.41, 5.74) is 1.93. The maximum Gasteiger partial charge on any atom is 0.257 e. The minimum absolute atomic E-state index is 0.263. The van der Waals surface area contributed by atoms with Crippen molar-refractivity contribution in [1.82, 2.24) is 25.2 Å². The number of aromatic nitrogens is 5. The Morgan fingerprint density at radius 2 is 2.00 bits per heavy atom. The second-order valence-electron chi connectivity index (χ2n) is 5.74. The lowest BCUT2D eigenvalue weighted by atomic mass is 10.2. The minimum atomic E-state index is -0.263. The summed E-state index contributed by atoms with van der Waals surface area (Å²) in [7, 11) is 0. The summed E-state index contributed by atoms with van der Waals surface area (Å²) in [4.78, 5) is 17.1. The third-order valence-corrected chi connectivity index (χ3v) is 4.93. The predicted octanol–water partition coefficient (Wildman–Crippen LogP) is 2.30. The van der Waals surface area contributed by atoms with Crippen LogP contribution in [0.25, 0.3) is 15.9 Å². The normalized spacial score (nSPS) is 12.9. The lowest BCUT2D eigenvalue weighted by Crippen LogP contribution is -2.15. The number of carbonyl (C=O) groups excluding carboxylic acids is 1. The largest absolute Gasteiger partial charge is 0.486 e. The van der Waals surface area contributed by atoms with Gasteiger partial charge in [-0.3, -0.25) is 10.1 Å². The fourth-order valence-electron chi connectivity index (χ4n) is 2.76. The Hall–Kier alpha value is -3.53. The number of anilines is 1. The average molecular weight is 380 g/mol. The van der Waals surface area contributed by atoms with Gasteiger partial charge in [0.15, 0.2) is 16.6 Å². The Morgan fingerprint density at radius 3 is 2.81 bits per heavy atom. The Bertz CT molecular complexity index is 1100. The van der Waals surface area contributed by atoms with Crippen molar-refractivity contribution in [2.45, 2.75) is 0 Å². The minimum Gasteiger partial charge on any atom is -0.486 e. The van der Waals surface area contributed by atoms with Crippen molar-refractivity contribution >= 4 is 32.6 Å². The zero-order valence-corrected chi connectivity index (χ0v) is 14.6. The molecule has 5 rings (SSSR count). The molecule has 9 nitrogen and oxygen atoms in total. The summed E-state index contributed by atoms with van der Waals surface area (Å²) in [6, 6.07) is 10.7. The van der Waals surface area contributed by atoms with Crippen LogP contribution in [0.3, 0.4) is 0 Å². The van der Waals surface area contributed by atoms with Crippen molar-refractivity contribution in [2.24, 2.45) is 0 Å². The summed E-state index contributed by atoms with van der Waals surface area (Å²) in [5.74, 6) is 1.11. The summed E-state index contributed by atoms with van der Waals surface area (Å²) in [5, 5.41) is 14.4. The standard InChI is InChI=1S/C17H12N6O3S/c24-16(10-2-1-3-11(6-10)23-9-18-21-22-23)20-17-19-12-7-13-14(8-15(12)27-17)26-5-4-25-13/h1-3,6-9H,4-5H2,(H,19,20,24). The first-order chi connectivity index (χ1) is 13.3. The van der Waals surface area contributed by atoms with E-state index in [9.17, 15) is 4.79 Å². The van der Waals surface area contributed by atoms with Gasteiger partial charge in [-0.2, -0.15) is 0 Å². The van der Waals surface area contributed by atoms with Crippen LogP contribution in [0.1, 0.15) is 10.4 Å². The van der Waals surface area contributed by atoms with Crippen LogP contribution in [-0.2, 0) is 0 Å². The molecule has 0 radical (unpaired) electrons. The highest BCUT2D eigenvalue weighted by atomic mass is 32.1. The molecule has 2 aromatic carbocycles. The van der Waals surface area contributed by atoms with Gasteiger partial charge in [0, 0.05) is 17.7 Å². The molecule has 4 aromatic rings. The van der Waals surface area contributed by atoms with Crippen LogP contribution < -0.4 is 14.8 Å². The highest BCUT2D eigenvalue weighted by Crippen LogP contribution is 2.37. The number of carbonyl (C=O) groups is 1. The molecular weight excluding hydrogens is 368 g/mol. The van der Waals surface area contributed by atoms with Gasteiger partial charge in [-0.15, -0.1) is 5.10 Å². The topological polar surface area (TPSA) is 104 Å². The molecule has 0 aliphatic carbocycles. The van der Waals surface area contributed by atoms with Crippen molar-refractivity contribution in [3.8, 4) is 17.2 Å². The highest BCUT2D eigenvalue weighted by Gasteiger charge is 2.16. The quantitative estimate of drug-likeness (QED) is 0.581. The number of nitrogens with one attached hydrogen (secondary N) is 1. The van der Waals surface area contributed by atoms with Gasteiger partial charge in [-0.1, -0.05) is 17.4 Å². The SMILES string of the molecule is O=C(Nc1nc2cc3c(cc2s1)OCCO3)c1cccc(-n2cnnn2)c1. The van der Waals surface area contributed by atoms with E-state index in [4.69, 9.17) is 9.47 Å². The van der Waals surface area contributed by atoms with Crippen molar-refractivity contribution in [2.75, 3.05) is 18.5 Å². The molecule has 0 atom stereocenters. The van der Waals surface area contributed by atoms with Crippen molar-refractivity contribution in [1.29, 1.82) is 0 Å². The molecule has 0 fully saturated rings. The lowest BCUT2D eigenvalue weighted by Gasteiger charge is -2.17. The fraction of sp³-hybridized carbons (Fsp3) is 0.118. The number of benzene rings is 2. The molecule has 0 unspecified atom stereocenters. The Balaban J connectivity index is 1.41. The molecule has 1 N–H and O–H groups in total. The van der Waals surface area contributed by atoms with Gasteiger partial charge in [0.05, 0.1) is 15.9 Å². The summed E-state index contributed by atoms with van der Waals surface area (Å²) < 4.78 is 13.6. The number of fused-ring (bicyclic) bond motifs is 2. The van der Waals surface area contributed by atoms with E-state index >= 15 is 0 Å². The molecule has 134 valence electrons. The van der Waals surface area contributed by atoms with Gasteiger partial charge < -0.3 is 9.47 Å². The van der Waals surface area contributed by atoms with Crippen LogP contribution in [0, 0.1) is 0 Å². The molecule has 1 amide bonds. The highest BCUT2D eigenvalue weighted by molar-refractivity contribution is 7.22. The number of nitrogens with zero attached hydrogens (tertiary/aromatic N) is 5. The molecule has 0 saturated carbocycles. The average Bonchev–Trinajstić information content (AvgIpc) is 3.35.